The fourth-order valence-corrected chi connectivity index (χ4v) is 2.22. The average molecular weight is 257 g/mol. The lowest BCUT2D eigenvalue weighted by Crippen LogP contribution is -2.21. The maximum atomic E-state index is 4.02. The monoisotopic (exact) mass is 257 g/mol. The Kier molecular flexibility index (Phi) is 5.16. The molecule has 0 amide bonds. The quantitative estimate of drug-likeness (QED) is 0.799. The molecule has 1 atom stereocenters. The van der Waals surface area contributed by atoms with Gasteiger partial charge in [-0.3, -0.25) is 0 Å². The van der Waals surface area contributed by atoms with Gasteiger partial charge >= 0.3 is 0 Å². The van der Waals surface area contributed by atoms with E-state index in [4.69, 9.17) is 0 Å². The number of H-pyrrole nitrogens is 1. The molecule has 0 aliphatic heterocycles. The smallest absolute Gasteiger partial charge is 0.0921 e. The lowest BCUT2D eigenvalue weighted by atomic mass is 10.0. The van der Waals surface area contributed by atoms with Gasteiger partial charge in [-0.05, 0) is 24.5 Å². The molecule has 3 heteroatoms. The SMILES string of the molecule is CCCc1ccc(C(C)NCCc2cnc[nH]2)cc1. The summed E-state index contributed by atoms with van der Waals surface area (Å²) in [4.78, 5) is 7.14. The van der Waals surface area contributed by atoms with Gasteiger partial charge in [0.2, 0.25) is 0 Å². The van der Waals surface area contributed by atoms with Gasteiger partial charge in [-0.15, -0.1) is 0 Å². The molecular formula is C16H23N3. The van der Waals surface area contributed by atoms with Crippen LogP contribution in [0.1, 0.15) is 43.1 Å². The van der Waals surface area contributed by atoms with E-state index < -0.39 is 0 Å². The number of aromatic amines is 1. The summed E-state index contributed by atoms with van der Waals surface area (Å²) in [7, 11) is 0. The number of nitrogens with zero attached hydrogens (tertiary/aromatic N) is 1. The minimum absolute atomic E-state index is 0.388. The standard InChI is InChI=1S/C16H23N3/c1-3-4-14-5-7-15(8-6-14)13(2)18-10-9-16-11-17-12-19-16/h5-8,11-13,18H,3-4,9-10H2,1-2H3,(H,17,19). The summed E-state index contributed by atoms with van der Waals surface area (Å²) >= 11 is 0. The fourth-order valence-electron chi connectivity index (χ4n) is 2.22. The molecule has 0 bridgehead atoms. The Morgan fingerprint density at radius 2 is 2.00 bits per heavy atom. The van der Waals surface area contributed by atoms with E-state index in [0.717, 1.165) is 13.0 Å². The molecule has 1 aromatic heterocycles. The van der Waals surface area contributed by atoms with Crippen LogP contribution in [-0.2, 0) is 12.8 Å². The molecule has 0 aliphatic rings. The van der Waals surface area contributed by atoms with Gasteiger partial charge in [-0.1, -0.05) is 37.6 Å². The molecule has 0 saturated carbocycles. The van der Waals surface area contributed by atoms with E-state index in [1.54, 1.807) is 6.33 Å². The zero-order chi connectivity index (χ0) is 13.5. The zero-order valence-electron chi connectivity index (χ0n) is 11.8. The van der Waals surface area contributed by atoms with Gasteiger partial charge in [0.15, 0.2) is 0 Å². The minimum Gasteiger partial charge on any atom is -0.348 e. The van der Waals surface area contributed by atoms with Crippen molar-refractivity contribution in [2.45, 2.75) is 39.2 Å². The van der Waals surface area contributed by atoms with Gasteiger partial charge in [0, 0.05) is 30.9 Å². The lowest BCUT2D eigenvalue weighted by molar-refractivity contribution is 0.574. The Balaban J connectivity index is 1.80. The summed E-state index contributed by atoms with van der Waals surface area (Å²) in [6, 6.07) is 9.34. The zero-order valence-corrected chi connectivity index (χ0v) is 11.8. The topological polar surface area (TPSA) is 40.7 Å². The van der Waals surface area contributed by atoms with Crippen molar-refractivity contribution in [2.24, 2.45) is 0 Å². The van der Waals surface area contributed by atoms with Crippen LogP contribution in [0.3, 0.4) is 0 Å². The van der Waals surface area contributed by atoms with Crippen LogP contribution >= 0.6 is 0 Å². The number of aromatic nitrogens is 2. The summed E-state index contributed by atoms with van der Waals surface area (Å²) in [6.45, 7) is 5.38. The number of nitrogens with one attached hydrogen (secondary N) is 2. The van der Waals surface area contributed by atoms with Gasteiger partial charge in [0.25, 0.3) is 0 Å². The number of hydrogen-bond acceptors (Lipinski definition) is 2. The molecule has 0 radical (unpaired) electrons. The molecular weight excluding hydrogens is 234 g/mol. The number of rotatable bonds is 7. The van der Waals surface area contributed by atoms with Crippen molar-refractivity contribution in [3.05, 3.63) is 53.6 Å². The van der Waals surface area contributed by atoms with Crippen LogP contribution in [0.15, 0.2) is 36.8 Å². The van der Waals surface area contributed by atoms with Gasteiger partial charge in [-0.2, -0.15) is 0 Å². The fraction of sp³-hybridized carbons (Fsp3) is 0.438. The normalized spacial score (nSPS) is 12.5. The van der Waals surface area contributed by atoms with Gasteiger partial charge < -0.3 is 10.3 Å². The second-order valence-corrected chi connectivity index (χ2v) is 4.99. The Labute approximate surface area is 115 Å². The molecule has 1 aromatic carbocycles. The highest BCUT2D eigenvalue weighted by Gasteiger charge is 2.04. The van der Waals surface area contributed by atoms with Gasteiger partial charge in [0.1, 0.15) is 0 Å². The first-order valence-electron chi connectivity index (χ1n) is 7.09. The number of imidazole rings is 1. The van der Waals surface area contributed by atoms with Crippen molar-refractivity contribution < 1.29 is 0 Å². The van der Waals surface area contributed by atoms with E-state index in [1.807, 2.05) is 6.20 Å². The van der Waals surface area contributed by atoms with Crippen LogP contribution in [0, 0.1) is 0 Å². The van der Waals surface area contributed by atoms with E-state index in [0.29, 0.717) is 6.04 Å². The van der Waals surface area contributed by atoms with Crippen LogP contribution in [0.4, 0.5) is 0 Å². The largest absolute Gasteiger partial charge is 0.348 e. The summed E-state index contributed by atoms with van der Waals surface area (Å²) in [5, 5.41) is 3.54. The molecule has 0 saturated heterocycles. The van der Waals surface area contributed by atoms with E-state index in [-0.39, 0.29) is 0 Å². The van der Waals surface area contributed by atoms with E-state index in [2.05, 4.69) is 53.4 Å². The van der Waals surface area contributed by atoms with Crippen LogP contribution in [0.2, 0.25) is 0 Å². The van der Waals surface area contributed by atoms with Crippen molar-refractivity contribution in [1.82, 2.24) is 15.3 Å². The lowest BCUT2D eigenvalue weighted by Gasteiger charge is -2.14. The molecule has 102 valence electrons. The van der Waals surface area contributed by atoms with Crippen molar-refractivity contribution in [1.29, 1.82) is 0 Å². The third-order valence-electron chi connectivity index (χ3n) is 3.42. The Morgan fingerprint density at radius 3 is 2.63 bits per heavy atom. The molecule has 2 rings (SSSR count). The number of hydrogen-bond donors (Lipinski definition) is 2. The second-order valence-electron chi connectivity index (χ2n) is 4.99. The third kappa shape index (κ3) is 4.21. The maximum Gasteiger partial charge on any atom is 0.0921 e. The Hall–Kier alpha value is -1.61. The van der Waals surface area contributed by atoms with Gasteiger partial charge in [0.05, 0.1) is 6.33 Å². The van der Waals surface area contributed by atoms with Crippen LogP contribution < -0.4 is 5.32 Å². The summed E-state index contributed by atoms with van der Waals surface area (Å²) in [5.41, 5.74) is 3.96. The molecule has 0 spiro atoms. The van der Waals surface area contributed by atoms with Crippen molar-refractivity contribution in [3.8, 4) is 0 Å². The molecule has 3 nitrogen and oxygen atoms in total. The number of benzene rings is 1. The van der Waals surface area contributed by atoms with Gasteiger partial charge in [-0.25, -0.2) is 4.98 Å². The van der Waals surface area contributed by atoms with Crippen LogP contribution in [0.25, 0.3) is 0 Å². The Morgan fingerprint density at radius 1 is 1.21 bits per heavy atom. The highest BCUT2D eigenvalue weighted by molar-refractivity contribution is 5.24. The molecule has 2 N–H and O–H groups in total. The summed E-state index contributed by atoms with van der Waals surface area (Å²) in [5.74, 6) is 0. The summed E-state index contributed by atoms with van der Waals surface area (Å²) in [6.07, 6.45) is 6.97. The molecule has 19 heavy (non-hydrogen) atoms. The predicted molar refractivity (Wildman–Crippen MR) is 79.1 cm³/mol. The second kappa shape index (κ2) is 7.10. The molecule has 0 aliphatic carbocycles. The van der Waals surface area contributed by atoms with Crippen LogP contribution in [-0.4, -0.2) is 16.5 Å². The molecule has 2 aromatic rings. The summed E-state index contributed by atoms with van der Waals surface area (Å²) < 4.78 is 0. The highest BCUT2D eigenvalue weighted by atomic mass is 14.9. The molecule has 0 fully saturated rings. The van der Waals surface area contributed by atoms with E-state index in [1.165, 1.54) is 29.7 Å². The van der Waals surface area contributed by atoms with Crippen molar-refractivity contribution in [3.63, 3.8) is 0 Å². The minimum atomic E-state index is 0.388. The molecule has 1 heterocycles. The first kappa shape index (κ1) is 13.8. The molecule has 1 unspecified atom stereocenters. The van der Waals surface area contributed by atoms with Crippen molar-refractivity contribution in [2.75, 3.05) is 6.54 Å². The van der Waals surface area contributed by atoms with Crippen LogP contribution in [0.5, 0.6) is 0 Å². The first-order chi connectivity index (χ1) is 9.29. The first-order valence-corrected chi connectivity index (χ1v) is 7.09. The van der Waals surface area contributed by atoms with E-state index in [9.17, 15) is 0 Å². The Bertz CT molecular complexity index is 459. The predicted octanol–water partition coefficient (Wildman–Crippen LogP) is 3.26. The van der Waals surface area contributed by atoms with Crippen molar-refractivity contribution >= 4 is 0 Å². The van der Waals surface area contributed by atoms with E-state index >= 15 is 0 Å². The number of aryl methyl sites for hydroxylation is 1. The maximum absolute atomic E-state index is 4.02. The third-order valence-corrected chi connectivity index (χ3v) is 3.42. The average Bonchev–Trinajstić information content (AvgIpc) is 2.93. The highest BCUT2D eigenvalue weighted by Crippen LogP contribution is 2.14.